The second kappa shape index (κ2) is 6.55. The summed E-state index contributed by atoms with van der Waals surface area (Å²) in [6, 6.07) is 9.08. The smallest absolute Gasteiger partial charge is 0.0509 e. The Morgan fingerprint density at radius 1 is 1.35 bits per heavy atom. The third-order valence-electron chi connectivity index (χ3n) is 3.50. The van der Waals surface area contributed by atoms with Gasteiger partial charge in [0.1, 0.15) is 0 Å². The fourth-order valence-electron chi connectivity index (χ4n) is 2.30. The molecule has 0 N–H and O–H groups in total. The number of rotatable bonds is 5. The number of halogens is 1. The number of benzene rings is 1. The normalized spacial score (nSPS) is 21.6. The van der Waals surface area contributed by atoms with Crippen LogP contribution in [0.3, 0.4) is 0 Å². The summed E-state index contributed by atoms with van der Waals surface area (Å²) >= 11 is 3.81. The van der Waals surface area contributed by atoms with Gasteiger partial charge in [0.2, 0.25) is 0 Å². The lowest BCUT2D eigenvalue weighted by atomic mass is 9.97. The average Bonchev–Trinajstić information content (AvgIpc) is 2.90. The Morgan fingerprint density at radius 2 is 2.12 bits per heavy atom. The Morgan fingerprint density at radius 3 is 2.71 bits per heavy atom. The van der Waals surface area contributed by atoms with Crippen molar-refractivity contribution < 1.29 is 4.74 Å². The van der Waals surface area contributed by atoms with Gasteiger partial charge in [0.05, 0.1) is 6.61 Å². The van der Waals surface area contributed by atoms with Crippen LogP contribution in [0.25, 0.3) is 0 Å². The van der Waals surface area contributed by atoms with E-state index in [2.05, 4.69) is 47.1 Å². The molecule has 1 aromatic rings. The fraction of sp³-hybridized carbons (Fsp3) is 0.600. The summed E-state index contributed by atoms with van der Waals surface area (Å²) in [6.45, 7) is 4.05. The predicted molar refractivity (Wildman–Crippen MR) is 75.6 cm³/mol. The quantitative estimate of drug-likeness (QED) is 0.727. The Bertz CT molecular complexity index is 327. The molecule has 2 unspecified atom stereocenters. The molecule has 2 heteroatoms. The lowest BCUT2D eigenvalue weighted by molar-refractivity contribution is 0.185. The Kier molecular flexibility index (Phi) is 5.05. The van der Waals surface area contributed by atoms with Gasteiger partial charge in [-0.05, 0) is 30.4 Å². The van der Waals surface area contributed by atoms with Crippen molar-refractivity contribution in [2.24, 2.45) is 5.92 Å². The molecule has 1 nitrogen and oxygen atoms in total. The average molecular weight is 297 g/mol. The molecular formula is C15H21BrO. The maximum absolute atomic E-state index is 5.45. The molecule has 2 rings (SSSR count). The first-order chi connectivity index (χ1) is 8.31. The van der Waals surface area contributed by atoms with Crippen LogP contribution in [0.4, 0.5) is 0 Å². The van der Waals surface area contributed by atoms with Crippen molar-refractivity contribution in [3.05, 3.63) is 35.4 Å². The van der Waals surface area contributed by atoms with Gasteiger partial charge in [0.25, 0.3) is 0 Å². The van der Waals surface area contributed by atoms with Crippen LogP contribution in [0.2, 0.25) is 0 Å². The molecule has 0 aromatic heterocycles. The molecule has 0 bridgehead atoms. The maximum Gasteiger partial charge on any atom is 0.0509 e. The summed E-state index contributed by atoms with van der Waals surface area (Å²) in [7, 11) is 0. The van der Waals surface area contributed by atoms with Crippen LogP contribution in [0.1, 0.15) is 42.1 Å². The number of hydrogen-bond donors (Lipinski definition) is 0. The van der Waals surface area contributed by atoms with E-state index in [1.54, 1.807) is 0 Å². The first-order valence-corrected chi connectivity index (χ1v) is 7.53. The Balaban J connectivity index is 1.96. The number of hydrogen-bond acceptors (Lipinski definition) is 1. The highest BCUT2D eigenvalue weighted by Crippen LogP contribution is 2.35. The van der Waals surface area contributed by atoms with Gasteiger partial charge in [0.15, 0.2) is 0 Å². The predicted octanol–water partition coefficient (Wildman–Crippen LogP) is 4.50. The molecule has 1 aromatic carbocycles. The fourth-order valence-corrected chi connectivity index (χ4v) is 3.03. The summed E-state index contributed by atoms with van der Waals surface area (Å²) in [6.07, 6.45) is 4.93. The molecule has 0 aliphatic carbocycles. The minimum absolute atomic E-state index is 0.449. The summed E-state index contributed by atoms with van der Waals surface area (Å²) in [5.41, 5.74) is 2.85. The van der Waals surface area contributed by atoms with Crippen molar-refractivity contribution in [1.29, 1.82) is 0 Å². The van der Waals surface area contributed by atoms with E-state index in [9.17, 15) is 0 Å². The molecule has 0 saturated carbocycles. The van der Waals surface area contributed by atoms with Gasteiger partial charge in [-0.1, -0.05) is 53.5 Å². The van der Waals surface area contributed by atoms with Gasteiger partial charge in [0, 0.05) is 17.4 Å². The summed E-state index contributed by atoms with van der Waals surface area (Å²) in [5.74, 6) is 0.636. The van der Waals surface area contributed by atoms with Crippen molar-refractivity contribution in [2.75, 3.05) is 13.2 Å². The van der Waals surface area contributed by atoms with Crippen LogP contribution in [-0.2, 0) is 11.2 Å². The molecule has 0 amide bonds. The summed E-state index contributed by atoms with van der Waals surface area (Å²) < 4.78 is 5.45. The zero-order chi connectivity index (χ0) is 12.1. The number of aryl methyl sites for hydroxylation is 1. The van der Waals surface area contributed by atoms with E-state index >= 15 is 0 Å². The largest absolute Gasteiger partial charge is 0.381 e. The molecule has 1 aliphatic rings. The van der Waals surface area contributed by atoms with Crippen molar-refractivity contribution in [2.45, 2.75) is 37.4 Å². The molecule has 1 fully saturated rings. The summed E-state index contributed by atoms with van der Waals surface area (Å²) in [4.78, 5) is 0.449. The summed E-state index contributed by atoms with van der Waals surface area (Å²) in [5, 5.41) is 0. The van der Waals surface area contributed by atoms with E-state index in [1.807, 2.05) is 0 Å². The van der Waals surface area contributed by atoms with Gasteiger partial charge in [-0.25, -0.2) is 0 Å². The maximum atomic E-state index is 5.45. The lowest BCUT2D eigenvalue weighted by Gasteiger charge is -2.16. The molecule has 94 valence electrons. The van der Waals surface area contributed by atoms with Crippen LogP contribution in [0.5, 0.6) is 0 Å². The first-order valence-electron chi connectivity index (χ1n) is 6.62. The zero-order valence-electron chi connectivity index (χ0n) is 10.5. The topological polar surface area (TPSA) is 9.23 Å². The SMILES string of the molecule is CCCCc1ccc(C(Br)C2CCOC2)cc1. The third kappa shape index (κ3) is 3.56. The highest BCUT2D eigenvalue weighted by atomic mass is 79.9. The standard InChI is InChI=1S/C15H21BrO/c1-2-3-4-12-5-7-13(8-6-12)15(16)14-9-10-17-11-14/h5-8,14-15H,2-4,9-11H2,1H3. The van der Waals surface area contributed by atoms with Crippen LogP contribution >= 0.6 is 15.9 Å². The third-order valence-corrected chi connectivity index (χ3v) is 4.77. The Hall–Kier alpha value is -0.340. The van der Waals surface area contributed by atoms with Crippen LogP contribution in [-0.4, -0.2) is 13.2 Å². The van der Waals surface area contributed by atoms with E-state index in [0.29, 0.717) is 10.7 Å². The van der Waals surface area contributed by atoms with E-state index in [-0.39, 0.29) is 0 Å². The lowest BCUT2D eigenvalue weighted by Crippen LogP contribution is -2.07. The van der Waals surface area contributed by atoms with Crippen LogP contribution in [0.15, 0.2) is 24.3 Å². The zero-order valence-corrected chi connectivity index (χ0v) is 12.1. The minimum Gasteiger partial charge on any atom is -0.381 e. The van der Waals surface area contributed by atoms with E-state index < -0.39 is 0 Å². The first kappa shape index (κ1) is 13.1. The molecular weight excluding hydrogens is 276 g/mol. The van der Waals surface area contributed by atoms with E-state index in [1.165, 1.54) is 36.8 Å². The van der Waals surface area contributed by atoms with E-state index in [4.69, 9.17) is 4.74 Å². The second-order valence-electron chi connectivity index (χ2n) is 4.87. The molecule has 1 heterocycles. The monoisotopic (exact) mass is 296 g/mol. The van der Waals surface area contributed by atoms with Crippen molar-refractivity contribution in [1.82, 2.24) is 0 Å². The second-order valence-corrected chi connectivity index (χ2v) is 5.86. The van der Waals surface area contributed by atoms with Crippen molar-refractivity contribution >= 4 is 15.9 Å². The van der Waals surface area contributed by atoms with Gasteiger partial charge >= 0.3 is 0 Å². The number of unbranched alkanes of at least 4 members (excludes halogenated alkanes) is 1. The van der Waals surface area contributed by atoms with Gasteiger partial charge < -0.3 is 4.74 Å². The molecule has 1 aliphatic heterocycles. The van der Waals surface area contributed by atoms with Gasteiger partial charge in [-0.15, -0.1) is 0 Å². The minimum atomic E-state index is 0.449. The molecule has 0 spiro atoms. The van der Waals surface area contributed by atoms with Crippen LogP contribution in [0, 0.1) is 5.92 Å². The highest BCUT2D eigenvalue weighted by molar-refractivity contribution is 9.09. The van der Waals surface area contributed by atoms with E-state index in [0.717, 1.165) is 13.2 Å². The Labute approximate surface area is 113 Å². The van der Waals surface area contributed by atoms with Gasteiger partial charge in [-0.2, -0.15) is 0 Å². The highest BCUT2D eigenvalue weighted by Gasteiger charge is 2.24. The molecule has 1 saturated heterocycles. The number of ether oxygens (including phenoxy) is 1. The molecule has 17 heavy (non-hydrogen) atoms. The number of alkyl halides is 1. The molecule has 0 radical (unpaired) electrons. The van der Waals surface area contributed by atoms with Crippen molar-refractivity contribution in [3.63, 3.8) is 0 Å². The van der Waals surface area contributed by atoms with Crippen molar-refractivity contribution in [3.8, 4) is 0 Å². The molecule has 2 atom stereocenters. The van der Waals surface area contributed by atoms with Crippen LogP contribution < -0.4 is 0 Å². The van der Waals surface area contributed by atoms with Gasteiger partial charge in [-0.3, -0.25) is 0 Å².